The maximum absolute atomic E-state index is 12.2. The molecule has 1 heterocycles. The van der Waals surface area contributed by atoms with Crippen molar-refractivity contribution in [2.24, 2.45) is 0 Å². The smallest absolute Gasteiger partial charge is 0.343 e. The summed E-state index contributed by atoms with van der Waals surface area (Å²) in [5.74, 6) is -1.06. The van der Waals surface area contributed by atoms with Gasteiger partial charge in [-0.1, -0.05) is 0 Å². The van der Waals surface area contributed by atoms with Crippen LogP contribution in [-0.2, 0) is 9.59 Å². The normalized spacial score (nSPS) is 14.2. The third-order valence-corrected chi connectivity index (χ3v) is 4.13. The van der Waals surface area contributed by atoms with Crippen LogP contribution in [0.25, 0.3) is 0 Å². The molecule has 1 aliphatic heterocycles. The van der Waals surface area contributed by atoms with Crippen molar-refractivity contribution >= 4 is 34.8 Å². The van der Waals surface area contributed by atoms with Gasteiger partial charge in [-0.25, -0.2) is 9.69 Å². The number of carbonyl (C=O) groups is 3. The van der Waals surface area contributed by atoms with Crippen molar-refractivity contribution in [3.63, 3.8) is 0 Å². The van der Waals surface area contributed by atoms with Gasteiger partial charge >= 0.3 is 5.97 Å². The molecule has 26 heavy (non-hydrogen) atoms. The van der Waals surface area contributed by atoms with E-state index in [1.54, 1.807) is 13.8 Å². The van der Waals surface area contributed by atoms with Crippen molar-refractivity contribution in [1.82, 2.24) is 0 Å². The highest BCUT2D eigenvalue weighted by molar-refractivity contribution is 6.32. The first kappa shape index (κ1) is 17.2. The van der Waals surface area contributed by atoms with Crippen molar-refractivity contribution in [3.05, 3.63) is 59.2 Å². The summed E-state index contributed by atoms with van der Waals surface area (Å²) in [5.41, 5.74) is 13.5. The van der Waals surface area contributed by atoms with Crippen molar-refractivity contribution in [1.29, 1.82) is 0 Å². The third kappa shape index (κ3) is 3.02. The third-order valence-electron chi connectivity index (χ3n) is 4.13. The van der Waals surface area contributed by atoms with Gasteiger partial charge in [0.05, 0.1) is 11.3 Å². The summed E-state index contributed by atoms with van der Waals surface area (Å²) >= 11 is 0. The Labute approximate surface area is 149 Å². The van der Waals surface area contributed by atoms with Gasteiger partial charge < -0.3 is 16.2 Å². The van der Waals surface area contributed by atoms with Gasteiger partial charge in [0.2, 0.25) is 0 Å². The number of anilines is 3. The standard InChI is InChI=1S/C19H17N3O4/c1-10-11(2)18(24)22(17(10)23)15-3-5-16(6-4-15)26-19(25)12-7-13(20)9-14(21)8-12/h3-9H,20-21H2,1-2H3. The topological polar surface area (TPSA) is 116 Å². The molecule has 0 fully saturated rings. The Morgan fingerprint density at radius 3 is 1.88 bits per heavy atom. The fourth-order valence-corrected chi connectivity index (χ4v) is 2.61. The van der Waals surface area contributed by atoms with Crippen molar-refractivity contribution in [3.8, 4) is 5.75 Å². The van der Waals surface area contributed by atoms with E-state index < -0.39 is 5.97 Å². The number of esters is 1. The van der Waals surface area contributed by atoms with E-state index in [2.05, 4.69) is 0 Å². The van der Waals surface area contributed by atoms with E-state index in [4.69, 9.17) is 16.2 Å². The lowest BCUT2D eigenvalue weighted by molar-refractivity contribution is -0.120. The summed E-state index contributed by atoms with van der Waals surface area (Å²) in [5, 5.41) is 0. The first-order chi connectivity index (χ1) is 12.3. The molecule has 0 atom stereocenters. The van der Waals surface area contributed by atoms with Crippen LogP contribution in [0.5, 0.6) is 5.75 Å². The molecule has 2 amide bonds. The molecule has 0 unspecified atom stereocenters. The molecule has 4 N–H and O–H groups in total. The highest BCUT2D eigenvalue weighted by atomic mass is 16.5. The second kappa shape index (κ2) is 6.36. The summed E-state index contributed by atoms with van der Waals surface area (Å²) in [6.45, 7) is 3.23. The van der Waals surface area contributed by atoms with Crippen molar-refractivity contribution < 1.29 is 19.1 Å². The molecule has 7 nitrogen and oxygen atoms in total. The number of imide groups is 1. The van der Waals surface area contributed by atoms with Gasteiger partial charge in [0.25, 0.3) is 11.8 Å². The van der Waals surface area contributed by atoms with Crippen LogP contribution in [0, 0.1) is 0 Å². The van der Waals surface area contributed by atoms with Gasteiger partial charge in [-0.3, -0.25) is 9.59 Å². The number of ether oxygens (including phenoxy) is 1. The Morgan fingerprint density at radius 2 is 1.38 bits per heavy atom. The summed E-state index contributed by atoms with van der Waals surface area (Å²) in [6.07, 6.45) is 0. The molecular weight excluding hydrogens is 334 g/mol. The van der Waals surface area contributed by atoms with Gasteiger partial charge in [0.1, 0.15) is 5.75 Å². The van der Waals surface area contributed by atoms with Gasteiger partial charge in [0, 0.05) is 22.5 Å². The van der Waals surface area contributed by atoms with Crippen LogP contribution < -0.4 is 21.1 Å². The molecule has 0 spiro atoms. The monoisotopic (exact) mass is 351 g/mol. The maximum Gasteiger partial charge on any atom is 0.343 e. The van der Waals surface area contributed by atoms with Gasteiger partial charge in [-0.2, -0.15) is 0 Å². The van der Waals surface area contributed by atoms with Gasteiger partial charge in [0.15, 0.2) is 0 Å². The Hall–Kier alpha value is -3.61. The first-order valence-corrected chi connectivity index (χ1v) is 7.82. The molecule has 0 bridgehead atoms. The van der Waals surface area contributed by atoms with Crippen LogP contribution in [0.2, 0.25) is 0 Å². The average Bonchev–Trinajstić information content (AvgIpc) is 2.78. The zero-order valence-corrected chi connectivity index (χ0v) is 14.3. The number of benzene rings is 2. The van der Waals surface area contributed by atoms with E-state index >= 15 is 0 Å². The van der Waals surface area contributed by atoms with Gasteiger partial charge in [-0.15, -0.1) is 0 Å². The fourth-order valence-electron chi connectivity index (χ4n) is 2.61. The summed E-state index contributed by atoms with van der Waals surface area (Å²) in [7, 11) is 0. The van der Waals surface area contributed by atoms with E-state index in [9.17, 15) is 14.4 Å². The molecule has 2 aromatic rings. The number of nitrogens with zero attached hydrogens (tertiary/aromatic N) is 1. The predicted molar refractivity (Wildman–Crippen MR) is 97.5 cm³/mol. The SMILES string of the molecule is CC1=C(C)C(=O)N(c2ccc(OC(=O)c3cc(N)cc(N)c3)cc2)C1=O. The maximum atomic E-state index is 12.2. The number of hydrogen-bond donors (Lipinski definition) is 2. The van der Waals surface area contributed by atoms with Crippen LogP contribution in [0.4, 0.5) is 17.1 Å². The molecule has 0 saturated heterocycles. The average molecular weight is 351 g/mol. The van der Waals surface area contributed by atoms with Crippen LogP contribution in [0.1, 0.15) is 24.2 Å². The molecule has 7 heteroatoms. The molecule has 0 aromatic heterocycles. The summed E-state index contributed by atoms with van der Waals surface area (Å²) in [4.78, 5) is 37.6. The number of amides is 2. The zero-order chi connectivity index (χ0) is 19.0. The molecule has 132 valence electrons. The lowest BCUT2D eigenvalue weighted by Gasteiger charge is -2.15. The van der Waals surface area contributed by atoms with Crippen LogP contribution >= 0.6 is 0 Å². The highest BCUT2D eigenvalue weighted by Gasteiger charge is 2.34. The predicted octanol–water partition coefficient (Wildman–Crippen LogP) is 2.28. The van der Waals surface area contributed by atoms with Crippen molar-refractivity contribution in [2.75, 3.05) is 16.4 Å². The number of nitrogen functional groups attached to an aromatic ring is 2. The summed E-state index contributed by atoms with van der Waals surface area (Å²) in [6, 6.07) is 10.6. The molecule has 0 radical (unpaired) electrons. The van der Waals surface area contributed by atoms with E-state index in [1.807, 2.05) is 0 Å². The van der Waals surface area contributed by atoms with Crippen LogP contribution in [-0.4, -0.2) is 17.8 Å². The number of carbonyl (C=O) groups excluding carboxylic acids is 3. The minimum Gasteiger partial charge on any atom is -0.423 e. The van der Waals surface area contributed by atoms with Crippen LogP contribution in [0.3, 0.4) is 0 Å². The lowest BCUT2D eigenvalue weighted by Crippen LogP contribution is -2.31. The summed E-state index contributed by atoms with van der Waals surface area (Å²) < 4.78 is 5.28. The first-order valence-electron chi connectivity index (χ1n) is 7.82. The number of nitrogens with two attached hydrogens (primary N) is 2. The molecular formula is C19H17N3O4. The van der Waals surface area contributed by atoms with E-state index in [0.29, 0.717) is 28.2 Å². The van der Waals surface area contributed by atoms with E-state index in [1.165, 1.54) is 42.5 Å². The van der Waals surface area contributed by atoms with Crippen LogP contribution in [0.15, 0.2) is 53.6 Å². The molecule has 0 aliphatic carbocycles. The largest absolute Gasteiger partial charge is 0.423 e. The Morgan fingerprint density at radius 1 is 0.885 bits per heavy atom. The highest BCUT2D eigenvalue weighted by Crippen LogP contribution is 2.28. The Balaban J connectivity index is 1.77. The molecule has 0 saturated carbocycles. The fraction of sp³-hybridized carbons (Fsp3) is 0.105. The Kier molecular flexibility index (Phi) is 4.21. The minimum absolute atomic E-state index is 0.229. The number of hydrogen-bond acceptors (Lipinski definition) is 6. The lowest BCUT2D eigenvalue weighted by atomic mass is 10.2. The van der Waals surface area contributed by atoms with E-state index in [-0.39, 0.29) is 23.1 Å². The quantitative estimate of drug-likeness (QED) is 0.379. The second-order valence-electron chi connectivity index (χ2n) is 5.97. The molecule has 2 aromatic carbocycles. The van der Waals surface area contributed by atoms with Gasteiger partial charge in [-0.05, 0) is 56.3 Å². The van der Waals surface area contributed by atoms with Crippen molar-refractivity contribution in [2.45, 2.75) is 13.8 Å². The number of rotatable bonds is 3. The minimum atomic E-state index is -0.613. The van der Waals surface area contributed by atoms with E-state index in [0.717, 1.165) is 4.90 Å². The molecule has 3 rings (SSSR count). The Bertz CT molecular complexity index is 917. The second-order valence-corrected chi connectivity index (χ2v) is 5.97. The molecule has 1 aliphatic rings. The zero-order valence-electron chi connectivity index (χ0n) is 14.3.